The number of benzene rings is 2. The number of hydrogen-bond acceptors (Lipinski definition) is 4. The number of hydrogen-bond donors (Lipinski definition) is 0. The zero-order chi connectivity index (χ0) is 12.9. The van der Waals surface area contributed by atoms with Gasteiger partial charge in [0.25, 0.3) is 0 Å². The molecule has 0 aliphatic carbocycles. The van der Waals surface area contributed by atoms with E-state index in [9.17, 15) is 0 Å². The molecule has 2 aliphatic rings. The summed E-state index contributed by atoms with van der Waals surface area (Å²) in [6.45, 7) is 0. The Morgan fingerprint density at radius 1 is 0.684 bits per heavy atom. The fourth-order valence-corrected chi connectivity index (χ4v) is 5.82. The molecule has 0 amide bonds. The zero-order valence-corrected chi connectivity index (χ0v) is 11.6. The first-order valence-electron chi connectivity index (χ1n) is 5.91. The van der Waals surface area contributed by atoms with Gasteiger partial charge in [-0.1, -0.05) is 0 Å². The summed E-state index contributed by atoms with van der Waals surface area (Å²) in [5, 5.41) is 0. The van der Waals surface area contributed by atoms with Crippen LogP contribution in [0.5, 0.6) is 23.0 Å². The molecular weight excluding hydrogens is 284 g/mol. The normalized spacial score (nSPS) is 21.8. The maximum absolute atomic E-state index is 6.11. The van der Waals surface area contributed by atoms with E-state index in [1.54, 1.807) is 0 Å². The molecule has 0 atom stereocenters. The summed E-state index contributed by atoms with van der Waals surface area (Å²) < 4.78 is 23.7. The molecule has 6 heteroatoms. The van der Waals surface area contributed by atoms with Crippen LogP contribution in [0, 0.1) is 0 Å². The van der Waals surface area contributed by atoms with E-state index in [2.05, 4.69) is 0 Å². The van der Waals surface area contributed by atoms with Crippen LogP contribution in [0.4, 0.5) is 0 Å². The molecule has 2 aromatic carbocycles. The quantitative estimate of drug-likeness (QED) is 0.598. The summed E-state index contributed by atoms with van der Waals surface area (Å²) in [6, 6.07) is 14.7. The van der Waals surface area contributed by atoms with Crippen molar-refractivity contribution in [1.29, 1.82) is 0 Å². The first kappa shape index (κ1) is 11.0. The molecule has 2 aromatic rings. The van der Waals surface area contributed by atoms with Crippen LogP contribution in [0.15, 0.2) is 48.5 Å². The minimum absolute atomic E-state index is 0.0172. The van der Waals surface area contributed by atoms with Gasteiger partial charge in [-0.25, -0.2) is 0 Å². The Balaban J connectivity index is 1.83. The van der Waals surface area contributed by atoms with Gasteiger partial charge >= 0.3 is 115 Å². The van der Waals surface area contributed by atoms with Crippen molar-refractivity contribution in [1.82, 2.24) is 0 Å². The molecule has 0 radical (unpaired) electrons. The molecule has 0 N–H and O–H groups in total. The Bertz CT molecular complexity index is 562. The average Bonchev–Trinajstić information content (AvgIpc) is 2.94. The zero-order valence-electron chi connectivity index (χ0n) is 9.84. The van der Waals surface area contributed by atoms with Crippen molar-refractivity contribution in [2.24, 2.45) is 0 Å². The third-order valence-electron chi connectivity index (χ3n) is 3.15. The summed E-state index contributed by atoms with van der Waals surface area (Å²) in [6.07, 6.45) is 0. The molecule has 0 aromatic heterocycles. The van der Waals surface area contributed by atoms with Crippen molar-refractivity contribution in [3.8, 4) is 23.0 Å². The van der Waals surface area contributed by atoms with Gasteiger partial charge in [0.15, 0.2) is 0 Å². The standard InChI is InChI=1S/C13H10ClO4Si/c14-9-19(15-10-5-1-2-6-11(10)16-19)17-12-7-3-4-8-13(12)18-19/h1-8H,9H2/q-1. The van der Waals surface area contributed by atoms with Crippen LogP contribution in [0.3, 0.4) is 0 Å². The van der Waals surface area contributed by atoms with E-state index in [4.69, 9.17) is 29.3 Å². The minimum atomic E-state index is -4.11. The van der Waals surface area contributed by atoms with E-state index in [0.717, 1.165) is 0 Å². The van der Waals surface area contributed by atoms with Gasteiger partial charge in [-0.15, -0.1) is 0 Å². The summed E-state index contributed by atoms with van der Waals surface area (Å²) in [5.41, 5.74) is 0.0172. The van der Waals surface area contributed by atoms with Gasteiger partial charge in [0.2, 0.25) is 0 Å². The number of alkyl halides is 1. The molecule has 4 nitrogen and oxygen atoms in total. The van der Waals surface area contributed by atoms with Gasteiger partial charge in [-0.3, -0.25) is 0 Å². The van der Waals surface area contributed by atoms with Gasteiger partial charge in [-0.2, -0.15) is 0 Å². The van der Waals surface area contributed by atoms with Crippen molar-refractivity contribution in [2.45, 2.75) is 0 Å². The molecule has 0 saturated heterocycles. The second-order valence-corrected chi connectivity index (χ2v) is 8.55. The van der Waals surface area contributed by atoms with Crippen molar-refractivity contribution in [2.75, 3.05) is 5.50 Å². The van der Waals surface area contributed by atoms with Gasteiger partial charge in [0, 0.05) is 0 Å². The van der Waals surface area contributed by atoms with E-state index in [1.165, 1.54) is 0 Å². The molecule has 19 heavy (non-hydrogen) atoms. The first-order chi connectivity index (χ1) is 9.22. The molecule has 4 rings (SSSR count). The number of rotatable bonds is 1. The summed E-state index contributed by atoms with van der Waals surface area (Å²) in [7, 11) is -4.11. The van der Waals surface area contributed by atoms with Crippen LogP contribution in [0.25, 0.3) is 0 Å². The molecule has 0 fully saturated rings. The second kappa shape index (κ2) is 3.37. The van der Waals surface area contributed by atoms with E-state index in [1.807, 2.05) is 48.5 Å². The second-order valence-electron chi connectivity index (χ2n) is 4.51. The first-order valence-corrected chi connectivity index (χ1v) is 8.78. The maximum atomic E-state index is 6.11. The third kappa shape index (κ3) is 1.39. The Hall–Kier alpha value is -1.85. The molecule has 0 saturated carbocycles. The van der Waals surface area contributed by atoms with Crippen LogP contribution < -0.4 is 17.7 Å². The molecule has 0 unspecified atom stereocenters. The Morgan fingerprint density at radius 2 is 1.00 bits per heavy atom. The summed E-state index contributed by atoms with van der Waals surface area (Å²) >= 11 is 6.11. The van der Waals surface area contributed by atoms with Crippen LogP contribution >= 0.6 is 11.6 Å². The van der Waals surface area contributed by atoms with Crippen LogP contribution in [0.1, 0.15) is 0 Å². The van der Waals surface area contributed by atoms with E-state index < -0.39 is 8.33 Å². The van der Waals surface area contributed by atoms with Gasteiger partial charge < -0.3 is 0 Å². The third-order valence-corrected chi connectivity index (χ3v) is 7.35. The summed E-state index contributed by atoms with van der Waals surface area (Å²) in [5.74, 6) is 2.40. The van der Waals surface area contributed by atoms with Crippen molar-refractivity contribution in [3.05, 3.63) is 48.5 Å². The number of halogens is 1. The molecular formula is C13H10ClO4Si-. The van der Waals surface area contributed by atoms with E-state index in [-0.39, 0.29) is 5.50 Å². The van der Waals surface area contributed by atoms with Crippen LogP contribution in [-0.4, -0.2) is 13.8 Å². The molecule has 2 heterocycles. The van der Waals surface area contributed by atoms with Crippen LogP contribution in [0.2, 0.25) is 0 Å². The van der Waals surface area contributed by atoms with E-state index in [0.29, 0.717) is 23.0 Å². The summed E-state index contributed by atoms with van der Waals surface area (Å²) in [4.78, 5) is 0. The predicted octanol–water partition coefficient (Wildman–Crippen LogP) is 3.10. The molecule has 2 aliphatic heterocycles. The monoisotopic (exact) mass is 293 g/mol. The molecule has 0 bridgehead atoms. The predicted molar refractivity (Wildman–Crippen MR) is 71.9 cm³/mol. The number of para-hydroxylation sites is 4. The fourth-order valence-electron chi connectivity index (χ4n) is 2.32. The fraction of sp³-hybridized carbons (Fsp3) is 0.0769. The average molecular weight is 294 g/mol. The van der Waals surface area contributed by atoms with Crippen molar-refractivity contribution >= 4 is 19.9 Å². The van der Waals surface area contributed by atoms with Gasteiger partial charge in [0.05, 0.1) is 0 Å². The SMILES string of the molecule is ClC[Si-]12(Oc3ccccc3O1)Oc1ccccc1O2. The Morgan fingerprint density at radius 3 is 1.26 bits per heavy atom. The van der Waals surface area contributed by atoms with Crippen molar-refractivity contribution in [3.63, 3.8) is 0 Å². The van der Waals surface area contributed by atoms with Gasteiger partial charge in [0.1, 0.15) is 0 Å². The topological polar surface area (TPSA) is 36.9 Å². The number of fused-ring (bicyclic) bond motifs is 2. The Kier molecular flexibility index (Phi) is 1.95. The van der Waals surface area contributed by atoms with E-state index >= 15 is 0 Å². The van der Waals surface area contributed by atoms with Crippen molar-refractivity contribution < 1.29 is 17.7 Å². The van der Waals surface area contributed by atoms with Crippen LogP contribution in [-0.2, 0) is 0 Å². The Labute approximate surface area is 115 Å². The molecule has 1 spiro atoms. The molecule has 98 valence electrons. The van der Waals surface area contributed by atoms with Gasteiger partial charge in [-0.05, 0) is 0 Å².